The molecule has 1 aliphatic rings. The maximum atomic E-state index is 11.9. The number of allylic oxidation sites excluding steroid dienone is 1. The molecule has 0 fully saturated rings. The van der Waals surface area contributed by atoms with Crippen LogP contribution in [0.3, 0.4) is 0 Å². The Morgan fingerprint density at radius 1 is 1.29 bits per heavy atom. The van der Waals surface area contributed by atoms with Crippen molar-refractivity contribution in [3.63, 3.8) is 0 Å². The number of hydrogen-bond donors (Lipinski definition) is 0. The van der Waals surface area contributed by atoms with Gasteiger partial charge in [0.25, 0.3) is 0 Å². The van der Waals surface area contributed by atoms with Crippen molar-refractivity contribution in [1.82, 2.24) is 0 Å². The average molecular weight is 188 g/mol. The second-order valence-corrected chi connectivity index (χ2v) is 3.37. The molecule has 2 rings (SSSR count). The zero-order valence-corrected chi connectivity index (χ0v) is 8.12. The van der Waals surface area contributed by atoms with Gasteiger partial charge in [-0.25, -0.2) is 0 Å². The summed E-state index contributed by atoms with van der Waals surface area (Å²) >= 11 is 0. The second-order valence-electron chi connectivity index (χ2n) is 3.37. The number of methoxy groups -OCH3 is 1. The number of fused-ring (bicyclic) bond motifs is 1. The highest BCUT2D eigenvalue weighted by Gasteiger charge is 2.21. The highest BCUT2D eigenvalue weighted by molar-refractivity contribution is 6.10. The Labute approximate surface area is 83.2 Å². The third-order valence-electron chi connectivity index (χ3n) is 2.48. The minimum absolute atomic E-state index is 0.105. The molecule has 0 radical (unpaired) electrons. The molecule has 0 bridgehead atoms. The number of carbonyl (C=O) groups is 1. The molecular formula is C12H12O2. The summed E-state index contributed by atoms with van der Waals surface area (Å²) in [5, 5.41) is 0. The summed E-state index contributed by atoms with van der Waals surface area (Å²) in [4.78, 5) is 11.9. The molecule has 0 heterocycles. The lowest BCUT2D eigenvalue weighted by molar-refractivity contribution is 0.102. The van der Waals surface area contributed by atoms with E-state index in [1.165, 1.54) is 0 Å². The third-order valence-corrected chi connectivity index (χ3v) is 2.48. The van der Waals surface area contributed by atoms with Gasteiger partial charge in [-0.1, -0.05) is 24.3 Å². The van der Waals surface area contributed by atoms with Gasteiger partial charge < -0.3 is 4.74 Å². The van der Waals surface area contributed by atoms with Crippen LogP contribution < -0.4 is 0 Å². The number of ether oxygens (including phenoxy) is 1. The highest BCUT2D eigenvalue weighted by atomic mass is 16.5. The summed E-state index contributed by atoms with van der Waals surface area (Å²) in [7, 11) is 1.57. The lowest BCUT2D eigenvalue weighted by atomic mass is 9.88. The van der Waals surface area contributed by atoms with Crippen molar-refractivity contribution in [1.29, 1.82) is 0 Å². The molecule has 1 aromatic rings. The summed E-state index contributed by atoms with van der Waals surface area (Å²) in [6.45, 7) is 0. The first-order valence-electron chi connectivity index (χ1n) is 4.67. The second kappa shape index (κ2) is 3.66. The molecule has 2 heteroatoms. The van der Waals surface area contributed by atoms with E-state index in [4.69, 9.17) is 4.74 Å². The van der Waals surface area contributed by atoms with Crippen LogP contribution in [-0.4, -0.2) is 12.9 Å². The van der Waals surface area contributed by atoms with Gasteiger partial charge in [-0.05, 0) is 18.4 Å². The molecule has 0 N–H and O–H groups in total. The molecule has 14 heavy (non-hydrogen) atoms. The number of Topliss-reactive ketones (excluding diaryl/α,β-unsaturated/α-hetero) is 1. The van der Waals surface area contributed by atoms with Crippen LogP contribution in [-0.2, 0) is 11.2 Å². The Balaban J connectivity index is 2.41. The van der Waals surface area contributed by atoms with E-state index < -0.39 is 0 Å². The van der Waals surface area contributed by atoms with Crippen molar-refractivity contribution < 1.29 is 9.53 Å². The molecule has 0 saturated heterocycles. The number of carbonyl (C=O) groups excluding carboxylic acids is 1. The maximum Gasteiger partial charge on any atom is 0.192 e. The van der Waals surface area contributed by atoms with Crippen LogP contribution in [0.4, 0.5) is 0 Å². The Morgan fingerprint density at radius 2 is 2.07 bits per heavy atom. The predicted octanol–water partition coefficient (Wildman–Crippen LogP) is 2.35. The largest absolute Gasteiger partial charge is 0.504 e. The number of hydrogen-bond acceptors (Lipinski definition) is 2. The van der Waals surface area contributed by atoms with Crippen molar-refractivity contribution in [3.8, 4) is 0 Å². The molecule has 0 amide bonds. The molecule has 0 saturated carbocycles. The van der Waals surface area contributed by atoms with Gasteiger partial charge in [0.2, 0.25) is 0 Å². The molecule has 0 unspecified atom stereocenters. The van der Waals surface area contributed by atoms with Crippen LogP contribution in [0.25, 0.3) is 0 Å². The molecule has 72 valence electrons. The maximum absolute atomic E-state index is 11.9. The minimum atomic E-state index is 0.105. The Bertz CT molecular complexity index is 391. The van der Waals surface area contributed by atoms with Crippen LogP contribution in [0.15, 0.2) is 36.1 Å². The summed E-state index contributed by atoms with van der Waals surface area (Å²) in [5.74, 6) is 0.105. The van der Waals surface area contributed by atoms with Gasteiger partial charge in [0.05, 0.1) is 13.4 Å². The van der Waals surface area contributed by atoms with Gasteiger partial charge in [0, 0.05) is 11.1 Å². The fourth-order valence-electron chi connectivity index (χ4n) is 1.77. The normalized spacial score (nSPS) is 18.1. The van der Waals surface area contributed by atoms with Gasteiger partial charge in [-0.15, -0.1) is 0 Å². The van der Waals surface area contributed by atoms with E-state index >= 15 is 0 Å². The smallest absolute Gasteiger partial charge is 0.192 e. The van der Waals surface area contributed by atoms with Crippen LogP contribution in [0.5, 0.6) is 0 Å². The van der Waals surface area contributed by atoms with Gasteiger partial charge in [-0.2, -0.15) is 0 Å². The Kier molecular flexibility index (Phi) is 2.35. The monoisotopic (exact) mass is 188 g/mol. The zero-order chi connectivity index (χ0) is 9.97. The van der Waals surface area contributed by atoms with Crippen molar-refractivity contribution in [2.45, 2.75) is 12.8 Å². The van der Waals surface area contributed by atoms with E-state index in [2.05, 4.69) is 0 Å². The quantitative estimate of drug-likeness (QED) is 0.499. The van der Waals surface area contributed by atoms with Crippen LogP contribution in [0, 0.1) is 0 Å². The molecule has 0 aliphatic heterocycles. The molecule has 1 aliphatic carbocycles. The Hall–Kier alpha value is -1.57. The first-order chi connectivity index (χ1) is 6.83. The molecular weight excluding hydrogens is 176 g/mol. The minimum Gasteiger partial charge on any atom is -0.504 e. The van der Waals surface area contributed by atoms with Gasteiger partial charge >= 0.3 is 0 Å². The van der Waals surface area contributed by atoms with Crippen molar-refractivity contribution in [2.75, 3.05) is 7.11 Å². The van der Waals surface area contributed by atoms with Crippen molar-refractivity contribution in [3.05, 3.63) is 47.2 Å². The van der Waals surface area contributed by atoms with Crippen molar-refractivity contribution in [2.24, 2.45) is 0 Å². The summed E-state index contributed by atoms with van der Waals surface area (Å²) in [6, 6.07) is 7.75. The van der Waals surface area contributed by atoms with Gasteiger partial charge in [0.15, 0.2) is 5.78 Å². The number of aryl methyl sites for hydroxylation is 1. The van der Waals surface area contributed by atoms with Crippen LogP contribution >= 0.6 is 0 Å². The average Bonchev–Trinajstić information content (AvgIpc) is 2.23. The van der Waals surface area contributed by atoms with E-state index in [1.54, 1.807) is 13.4 Å². The number of benzene rings is 1. The Morgan fingerprint density at radius 3 is 2.86 bits per heavy atom. The molecule has 0 aromatic heterocycles. The summed E-state index contributed by atoms with van der Waals surface area (Å²) < 4.78 is 4.88. The van der Waals surface area contributed by atoms with E-state index in [-0.39, 0.29) is 5.78 Å². The molecule has 0 spiro atoms. The van der Waals surface area contributed by atoms with E-state index in [9.17, 15) is 4.79 Å². The van der Waals surface area contributed by atoms with E-state index in [0.717, 1.165) is 29.5 Å². The van der Waals surface area contributed by atoms with E-state index in [1.807, 2.05) is 24.3 Å². The van der Waals surface area contributed by atoms with E-state index in [0.29, 0.717) is 0 Å². The van der Waals surface area contributed by atoms with Gasteiger partial charge in [-0.3, -0.25) is 4.79 Å². The van der Waals surface area contributed by atoms with Crippen molar-refractivity contribution >= 4 is 5.78 Å². The zero-order valence-electron chi connectivity index (χ0n) is 8.12. The highest BCUT2D eigenvalue weighted by Crippen LogP contribution is 2.24. The van der Waals surface area contributed by atoms with Crippen LogP contribution in [0.2, 0.25) is 0 Å². The SMILES string of the molecule is COC=C1CCc2ccccc2C1=O. The number of ketones is 1. The molecule has 1 aromatic carbocycles. The predicted molar refractivity (Wildman–Crippen MR) is 54.2 cm³/mol. The number of rotatable bonds is 1. The van der Waals surface area contributed by atoms with Gasteiger partial charge in [0.1, 0.15) is 0 Å². The lowest BCUT2D eigenvalue weighted by Crippen LogP contribution is -2.14. The fraction of sp³-hybridized carbons (Fsp3) is 0.250. The van der Waals surface area contributed by atoms with Crippen LogP contribution in [0.1, 0.15) is 22.3 Å². The first-order valence-corrected chi connectivity index (χ1v) is 4.67. The molecule has 0 atom stereocenters. The standard InChI is InChI=1S/C12H12O2/c1-14-8-10-7-6-9-4-2-3-5-11(9)12(10)13/h2-5,8H,6-7H2,1H3. The summed E-state index contributed by atoms with van der Waals surface area (Å²) in [6.07, 6.45) is 3.26. The molecule has 2 nitrogen and oxygen atoms in total. The fourth-order valence-corrected chi connectivity index (χ4v) is 1.77. The topological polar surface area (TPSA) is 26.3 Å². The third kappa shape index (κ3) is 1.43. The summed E-state index contributed by atoms with van der Waals surface area (Å²) in [5.41, 5.74) is 2.74. The first kappa shape index (κ1) is 9.00. The lowest BCUT2D eigenvalue weighted by Gasteiger charge is -2.16.